The Balaban J connectivity index is 4.74. The summed E-state index contributed by atoms with van der Waals surface area (Å²) >= 11 is 0. The fourth-order valence-electron chi connectivity index (χ4n) is 2.49. The number of rotatable bonds is 4. The second-order valence-corrected chi connectivity index (χ2v) is 8.36. The molecule has 0 aliphatic carbocycles. The highest BCUT2D eigenvalue weighted by Gasteiger charge is 2.34. The standard InChI is InChI=1S/C15H30N2O3/c1-13(2,3)9-15(7,8)17-12(20)16-10(11(18)19)14(4,5)6/h10H,9H2,1-8H3,(H,18,19)(H2,16,17,20)/t10-/m1/s1. The summed E-state index contributed by atoms with van der Waals surface area (Å²) in [6, 6.07) is -1.37. The van der Waals surface area contributed by atoms with Crippen LogP contribution in [-0.4, -0.2) is 28.7 Å². The summed E-state index contributed by atoms with van der Waals surface area (Å²) < 4.78 is 0. The van der Waals surface area contributed by atoms with E-state index in [0.29, 0.717) is 0 Å². The average molecular weight is 286 g/mol. The van der Waals surface area contributed by atoms with E-state index in [9.17, 15) is 14.7 Å². The van der Waals surface area contributed by atoms with E-state index < -0.39 is 29.0 Å². The minimum Gasteiger partial charge on any atom is -0.480 e. The van der Waals surface area contributed by atoms with Crippen LogP contribution in [0.15, 0.2) is 0 Å². The van der Waals surface area contributed by atoms with Crippen molar-refractivity contribution in [2.45, 2.75) is 73.4 Å². The Kier molecular flexibility index (Phi) is 5.64. The van der Waals surface area contributed by atoms with Gasteiger partial charge in [-0.1, -0.05) is 41.5 Å². The van der Waals surface area contributed by atoms with Crippen LogP contribution in [0.2, 0.25) is 0 Å². The first-order valence-corrected chi connectivity index (χ1v) is 6.95. The Hall–Kier alpha value is -1.26. The lowest BCUT2D eigenvalue weighted by Gasteiger charge is -2.35. The van der Waals surface area contributed by atoms with Crippen LogP contribution < -0.4 is 10.6 Å². The maximum Gasteiger partial charge on any atom is 0.326 e. The Labute approximate surface area is 122 Å². The monoisotopic (exact) mass is 286 g/mol. The van der Waals surface area contributed by atoms with E-state index in [1.165, 1.54) is 0 Å². The molecule has 0 aromatic heterocycles. The Morgan fingerprint density at radius 3 is 1.75 bits per heavy atom. The molecule has 0 saturated carbocycles. The molecule has 0 bridgehead atoms. The average Bonchev–Trinajstić information content (AvgIpc) is 2.06. The SMILES string of the molecule is CC(C)(C)CC(C)(C)NC(=O)N[C@H](C(=O)O)C(C)(C)C. The van der Waals surface area contributed by atoms with Crippen molar-refractivity contribution in [3.05, 3.63) is 0 Å². The normalized spacial score (nSPS) is 14.6. The zero-order chi connectivity index (χ0) is 16.4. The third-order valence-corrected chi connectivity index (χ3v) is 2.81. The highest BCUT2D eigenvalue weighted by atomic mass is 16.4. The number of carbonyl (C=O) groups is 2. The first-order chi connectivity index (χ1) is 8.64. The predicted molar refractivity (Wildman–Crippen MR) is 80.7 cm³/mol. The van der Waals surface area contributed by atoms with Crippen LogP contribution in [0.25, 0.3) is 0 Å². The molecule has 118 valence electrons. The highest BCUT2D eigenvalue weighted by Crippen LogP contribution is 2.27. The maximum atomic E-state index is 12.0. The number of hydrogen-bond donors (Lipinski definition) is 3. The lowest BCUT2D eigenvalue weighted by Crippen LogP contribution is -2.56. The Morgan fingerprint density at radius 1 is 1.00 bits per heavy atom. The topological polar surface area (TPSA) is 78.4 Å². The van der Waals surface area contributed by atoms with E-state index in [1.807, 2.05) is 13.8 Å². The van der Waals surface area contributed by atoms with E-state index in [4.69, 9.17) is 0 Å². The Morgan fingerprint density at radius 2 is 1.45 bits per heavy atom. The second kappa shape index (κ2) is 6.02. The second-order valence-electron chi connectivity index (χ2n) is 8.36. The third-order valence-electron chi connectivity index (χ3n) is 2.81. The van der Waals surface area contributed by atoms with Crippen LogP contribution in [0.5, 0.6) is 0 Å². The first kappa shape index (κ1) is 18.7. The van der Waals surface area contributed by atoms with Gasteiger partial charge in [-0.25, -0.2) is 9.59 Å². The largest absolute Gasteiger partial charge is 0.480 e. The van der Waals surface area contributed by atoms with Crippen molar-refractivity contribution < 1.29 is 14.7 Å². The molecule has 0 rings (SSSR count). The molecule has 0 saturated heterocycles. The summed E-state index contributed by atoms with van der Waals surface area (Å²) in [5.74, 6) is -1.03. The van der Waals surface area contributed by atoms with Gasteiger partial charge in [-0.3, -0.25) is 0 Å². The molecule has 2 amide bonds. The Bertz CT molecular complexity index is 362. The van der Waals surface area contributed by atoms with E-state index in [2.05, 4.69) is 31.4 Å². The summed E-state index contributed by atoms with van der Waals surface area (Å²) in [4.78, 5) is 23.3. The minimum absolute atomic E-state index is 0.0764. The molecule has 3 N–H and O–H groups in total. The van der Waals surface area contributed by atoms with Crippen LogP contribution >= 0.6 is 0 Å². The molecule has 0 aromatic carbocycles. The lowest BCUT2D eigenvalue weighted by atomic mass is 9.82. The summed E-state index contributed by atoms with van der Waals surface area (Å²) in [5, 5.41) is 14.6. The van der Waals surface area contributed by atoms with Crippen molar-refractivity contribution >= 4 is 12.0 Å². The van der Waals surface area contributed by atoms with Gasteiger partial charge in [0.2, 0.25) is 0 Å². The van der Waals surface area contributed by atoms with Gasteiger partial charge in [0.25, 0.3) is 0 Å². The minimum atomic E-state index is -1.03. The fraction of sp³-hybridized carbons (Fsp3) is 0.867. The predicted octanol–water partition coefficient (Wildman–Crippen LogP) is 3.00. The van der Waals surface area contributed by atoms with E-state index in [-0.39, 0.29) is 5.41 Å². The van der Waals surface area contributed by atoms with Crippen LogP contribution in [0.3, 0.4) is 0 Å². The molecule has 0 fully saturated rings. The number of urea groups is 1. The van der Waals surface area contributed by atoms with Crippen LogP contribution in [0.4, 0.5) is 4.79 Å². The molecule has 5 nitrogen and oxygen atoms in total. The molecular formula is C15H30N2O3. The highest BCUT2D eigenvalue weighted by molar-refractivity contribution is 5.83. The molecule has 0 radical (unpaired) electrons. The fourth-order valence-corrected chi connectivity index (χ4v) is 2.49. The van der Waals surface area contributed by atoms with Gasteiger partial charge < -0.3 is 15.7 Å². The number of aliphatic carboxylic acids is 1. The van der Waals surface area contributed by atoms with Gasteiger partial charge in [0.1, 0.15) is 6.04 Å². The lowest BCUT2D eigenvalue weighted by molar-refractivity contribution is -0.141. The quantitative estimate of drug-likeness (QED) is 0.743. The first-order valence-electron chi connectivity index (χ1n) is 6.95. The molecule has 5 heteroatoms. The van der Waals surface area contributed by atoms with Crippen molar-refractivity contribution in [1.29, 1.82) is 0 Å². The third kappa shape index (κ3) is 7.36. The molecule has 0 aliphatic heterocycles. The van der Waals surface area contributed by atoms with Crippen molar-refractivity contribution in [2.75, 3.05) is 0 Å². The van der Waals surface area contributed by atoms with Crippen molar-refractivity contribution in [1.82, 2.24) is 10.6 Å². The van der Waals surface area contributed by atoms with Crippen molar-refractivity contribution in [3.8, 4) is 0 Å². The van der Waals surface area contributed by atoms with E-state index in [0.717, 1.165) is 6.42 Å². The van der Waals surface area contributed by atoms with Gasteiger partial charge in [0, 0.05) is 5.54 Å². The number of carboxylic acid groups (broad SMARTS) is 1. The van der Waals surface area contributed by atoms with E-state index in [1.54, 1.807) is 20.8 Å². The van der Waals surface area contributed by atoms with Crippen molar-refractivity contribution in [3.63, 3.8) is 0 Å². The van der Waals surface area contributed by atoms with Gasteiger partial charge in [-0.15, -0.1) is 0 Å². The smallest absolute Gasteiger partial charge is 0.326 e. The number of carboxylic acids is 1. The molecule has 1 atom stereocenters. The van der Waals surface area contributed by atoms with Gasteiger partial charge in [-0.05, 0) is 31.1 Å². The molecule has 0 heterocycles. The summed E-state index contributed by atoms with van der Waals surface area (Å²) in [6.07, 6.45) is 0.792. The number of amides is 2. The molecule has 0 aliphatic rings. The van der Waals surface area contributed by atoms with Gasteiger partial charge in [0.15, 0.2) is 0 Å². The van der Waals surface area contributed by atoms with Crippen molar-refractivity contribution in [2.24, 2.45) is 10.8 Å². The van der Waals surface area contributed by atoms with E-state index >= 15 is 0 Å². The zero-order valence-corrected chi connectivity index (χ0v) is 14.0. The van der Waals surface area contributed by atoms with Crippen LogP contribution in [-0.2, 0) is 4.79 Å². The molecular weight excluding hydrogens is 256 g/mol. The summed E-state index contributed by atoms with van der Waals surface area (Å²) in [7, 11) is 0. The molecule has 0 spiro atoms. The van der Waals surface area contributed by atoms with Crippen LogP contribution in [0, 0.1) is 10.8 Å². The molecule has 0 unspecified atom stereocenters. The summed E-state index contributed by atoms with van der Waals surface area (Å²) in [6.45, 7) is 15.5. The van der Waals surface area contributed by atoms with Gasteiger partial charge >= 0.3 is 12.0 Å². The van der Waals surface area contributed by atoms with Gasteiger partial charge in [0.05, 0.1) is 0 Å². The number of carbonyl (C=O) groups excluding carboxylic acids is 1. The number of hydrogen-bond acceptors (Lipinski definition) is 2. The number of nitrogens with one attached hydrogen (secondary N) is 2. The molecule has 20 heavy (non-hydrogen) atoms. The van der Waals surface area contributed by atoms with Crippen LogP contribution in [0.1, 0.15) is 61.8 Å². The maximum absolute atomic E-state index is 12.0. The summed E-state index contributed by atoms with van der Waals surface area (Å²) in [5.41, 5.74) is -0.867. The van der Waals surface area contributed by atoms with Gasteiger partial charge in [-0.2, -0.15) is 0 Å². The molecule has 0 aromatic rings. The zero-order valence-electron chi connectivity index (χ0n) is 14.0.